The van der Waals surface area contributed by atoms with Crippen LogP contribution in [0.15, 0.2) is 40.0 Å². The zero-order valence-electron chi connectivity index (χ0n) is 12.0. The summed E-state index contributed by atoms with van der Waals surface area (Å²) in [5, 5.41) is 3.91. The number of rotatable bonds is 5. The molecule has 0 atom stereocenters. The van der Waals surface area contributed by atoms with Crippen LogP contribution in [0.3, 0.4) is 0 Å². The first-order chi connectivity index (χ1) is 10.2. The van der Waals surface area contributed by atoms with Gasteiger partial charge in [0.25, 0.3) is 5.91 Å². The molecule has 0 aliphatic heterocycles. The van der Waals surface area contributed by atoms with Crippen molar-refractivity contribution in [3.8, 4) is 11.5 Å². The van der Waals surface area contributed by atoms with Crippen molar-refractivity contribution < 1.29 is 18.7 Å². The van der Waals surface area contributed by atoms with E-state index in [4.69, 9.17) is 13.9 Å². The molecule has 0 saturated carbocycles. The Morgan fingerprint density at radius 3 is 2.62 bits per heavy atom. The summed E-state index contributed by atoms with van der Waals surface area (Å²) in [5.41, 5.74) is 3.67. The Kier molecular flexibility index (Phi) is 4.61. The number of carbonyl (C=O) groups is 1. The number of furan rings is 1. The summed E-state index contributed by atoms with van der Waals surface area (Å²) in [5.74, 6) is 1.46. The van der Waals surface area contributed by atoms with Crippen LogP contribution in [-0.4, -0.2) is 26.3 Å². The van der Waals surface area contributed by atoms with Gasteiger partial charge < -0.3 is 13.9 Å². The maximum absolute atomic E-state index is 11.8. The third-order valence-corrected chi connectivity index (χ3v) is 2.89. The van der Waals surface area contributed by atoms with Crippen LogP contribution in [0.4, 0.5) is 0 Å². The van der Waals surface area contributed by atoms with Crippen molar-refractivity contribution in [2.45, 2.75) is 6.92 Å². The van der Waals surface area contributed by atoms with Gasteiger partial charge in [0.15, 0.2) is 11.5 Å². The van der Waals surface area contributed by atoms with Gasteiger partial charge in [-0.05, 0) is 36.8 Å². The van der Waals surface area contributed by atoms with E-state index in [2.05, 4.69) is 10.5 Å². The number of methoxy groups -OCH3 is 2. The smallest absolute Gasteiger partial charge is 0.274 e. The van der Waals surface area contributed by atoms with E-state index in [9.17, 15) is 4.79 Å². The molecule has 0 aliphatic carbocycles. The van der Waals surface area contributed by atoms with E-state index in [-0.39, 0.29) is 5.91 Å². The summed E-state index contributed by atoms with van der Waals surface area (Å²) in [4.78, 5) is 11.8. The van der Waals surface area contributed by atoms with Crippen LogP contribution in [-0.2, 0) is 0 Å². The Balaban J connectivity index is 2.05. The fraction of sp³-hybridized carbons (Fsp3) is 0.200. The maximum Gasteiger partial charge on any atom is 0.274 e. The largest absolute Gasteiger partial charge is 0.493 e. The molecule has 6 heteroatoms. The summed E-state index contributed by atoms with van der Waals surface area (Å²) in [7, 11) is 3.13. The van der Waals surface area contributed by atoms with Crippen molar-refractivity contribution in [3.63, 3.8) is 0 Å². The van der Waals surface area contributed by atoms with Crippen LogP contribution in [0.5, 0.6) is 11.5 Å². The lowest BCUT2D eigenvalue weighted by molar-refractivity contribution is 0.0953. The topological polar surface area (TPSA) is 73.1 Å². The van der Waals surface area contributed by atoms with Gasteiger partial charge in [-0.15, -0.1) is 0 Å². The number of aryl methyl sites for hydroxylation is 1. The quantitative estimate of drug-likeness (QED) is 0.677. The van der Waals surface area contributed by atoms with Crippen molar-refractivity contribution in [3.05, 3.63) is 47.4 Å². The third-order valence-electron chi connectivity index (χ3n) is 2.89. The van der Waals surface area contributed by atoms with Crippen molar-refractivity contribution in [1.29, 1.82) is 0 Å². The molecule has 21 heavy (non-hydrogen) atoms. The molecule has 0 spiro atoms. The molecule has 0 bridgehead atoms. The van der Waals surface area contributed by atoms with Gasteiger partial charge in [0.1, 0.15) is 5.76 Å². The van der Waals surface area contributed by atoms with Gasteiger partial charge in [-0.25, -0.2) is 5.43 Å². The van der Waals surface area contributed by atoms with Gasteiger partial charge >= 0.3 is 0 Å². The third kappa shape index (κ3) is 3.42. The number of hydrazone groups is 1. The molecule has 0 unspecified atom stereocenters. The van der Waals surface area contributed by atoms with Crippen molar-refractivity contribution in [2.24, 2.45) is 5.10 Å². The summed E-state index contributed by atoms with van der Waals surface area (Å²) in [6.45, 7) is 1.72. The van der Waals surface area contributed by atoms with E-state index in [1.165, 1.54) is 12.5 Å². The zero-order valence-corrected chi connectivity index (χ0v) is 12.0. The van der Waals surface area contributed by atoms with Crippen LogP contribution in [0.25, 0.3) is 0 Å². The lowest BCUT2D eigenvalue weighted by Gasteiger charge is -2.07. The second-order valence-electron chi connectivity index (χ2n) is 4.20. The molecular formula is C15H16N2O4. The number of nitrogens with one attached hydrogen (secondary N) is 1. The van der Waals surface area contributed by atoms with E-state index >= 15 is 0 Å². The first-order valence-electron chi connectivity index (χ1n) is 6.25. The highest BCUT2D eigenvalue weighted by Gasteiger charge is 2.10. The number of nitrogens with zero attached hydrogens (tertiary/aromatic N) is 1. The van der Waals surface area contributed by atoms with Crippen LogP contribution in [0, 0.1) is 6.92 Å². The van der Waals surface area contributed by atoms with Crippen molar-refractivity contribution in [1.82, 2.24) is 5.43 Å². The van der Waals surface area contributed by atoms with E-state index in [0.717, 1.165) is 5.56 Å². The van der Waals surface area contributed by atoms with Gasteiger partial charge in [0.05, 0.1) is 32.3 Å². The van der Waals surface area contributed by atoms with E-state index in [1.54, 1.807) is 45.4 Å². The van der Waals surface area contributed by atoms with Crippen LogP contribution >= 0.6 is 0 Å². The molecule has 1 heterocycles. The van der Waals surface area contributed by atoms with Crippen LogP contribution < -0.4 is 14.9 Å². The zero-order chi connectivity index (χ0) is 15.2. The fourth-order valence-electron chi connectivity index (χ4n) is 1.78. The van der Waals surface area contributed by atoms with E-state index in [0.29, 0.717) is 22.8 Å². The van der Waals surface area contributed by atoms with E-state index < -0.39 is 0 Å². The van der Waals surface area contributed by atoms with Crippen molar-refractivity contribution >= 4 is 12.1 Å². The Morgan fingerprint density at radius 1 is 1.24 bits per heavy atom. The minimum absolute atomic E-state index is 0.321. The predicted molar refractivity (Wildman–Crippen MR) is 78.1 cm³/mol. The van der Waals surface area contributed by atoms with Crippen molar-refractivity contribution in [2.75, 3.05) is 14.2 Å². The normalized spacial score (nSPS) is 10.6. The average molecular weight is 288 g/mol. The highest BCUT2D eigenvalue weighted by molar-refractivity contribution is 5.95. The monoisotopic (exact) mass is 288 g/mol. The Hall–Kier alpha value is -2.76. The second-order valence-corrected chi connectivity index (χ2v) is 4.20. The van der Waals surface area contributed by atoms with Crippen LogP contribution in [0.1, 0.15) is 21.7 Å². The molecule has 1 aromatic heterocycles. The summed E-state index contributed by atoms with van der Waals surface area (Å²) in [6.07, 6.45) is 2.98. The summed E-state index contributed by atoms with van der Waals surface area (Å²) in [6, 6.07) is 6.93. The molecule has 0 radical (unpaired) electrons. The lowest BCUT2D eigenvalue weighted by atomic mass is 10.2. The number of hydrogen-bond donors (Lipinski definition) is 1. The molecule has 6 nitrogen and oxygen atoms in total. The molecular weight excluding hydrogens is 272 g/mol. The molecule has 110 valence electrons. The Morgan fingerprint density at radius 2 is 2.00 bits per heavy atom. The second kappa shape index (κ2) is 6.60. The average Bonchev–Trinajstić information content (AvgIpc) is 2.93. The molecule has 1 N–H and O–H groups in total. The Bertz CT molecular complexity index is 661. The molecule has 0 saturated heterocycles. The van der Waals surface area contributed by atoms with Crippen LogP contribution in [0.2, 0.25) is 0 Å². The molecule has 0 fully saturated rings. The van der Waals surface area contributed by atoms with Gasteiger partial charge in [0, 0.05) is 0 Å². The molecule has 2 aromatic rings. The highest BCUT2D eigenvalue weighted by Crippen LogP contribution is 2.26. The van der Waals surface area contributed by atoms with Gasteiger partial charge in [-0.1, -0.05) is 0 Å². The molecule has 1 aromatic carbocycles. The summed E-state index contributed by atoms with van der Waals surface area (Å²) >= 11 is 0. The Labute approximate surface area is 122 Å². The number of hydrogen-bond acceptors (Lipinski definition) is 5. The fourth-order valence-corrected chi connectivity index (χ4v) is 1.78. The molecule has 0 aliphatic rings. The minimum atomic E-state index is -0.321. The maximum atomic E-state index is 11.8. The van der Waals surface area contributed by atoms with Gasteiger partial charge in [0.2, 0.25) is 0 Å². The first-order valence-corrected chi connectivity index (χ1v) is 6.25. The minimum Gasteiger partial charge on any atom is -0.493 e. The molecule has 2 rings (SSSR count). The number of benzene rings is 1. The standard InChI is InChI=1S/C15H16N2O4/c1-10-12(6-7-21-10)15(18)17-16-9-11-4-5-13(19-2)14(8-11)20-3/h4-9H,1-3H3,(H,17,18)/b16-9-. The van der Waals surface area contributed by atoms with Gasteiger partial charge in [-0.3, -0.25) is 4.79 Å². The SMILES string of the molecule is COc1ccc(/C=N\NC(=O)c2ccoc2C)cc1OC. The number of amides is 1. The number of carbonyl (C=O) groups excluding carboxylic acids is 1. The molecule has 1 amide bonds. The van der Waals surface area contributed by atoms with Gasteiger partial charge in [-0.2, -0.15) is 5.10 Å². The highest BCUT2D eigenvalue weighted by atomic mass is 16.5. The summed E-state index contributed by atoms with van der Waals surface area (Å²) < 4.78 is 15.4. The lowest BCUT2D eigenvalue weighted by Crippen LogP contribution is -2.17. The predicted octanol–water partition coefficient (Wildman–Crippen LogP) is 2.37. The van der Waals surface area contributed by atoms with E-state index in [1.807, 2.05) is 0 Å². The number of ether oxygens (including phenoxy) is 2. The first kappa shape index (κ1) is 14.6.